The normalized spacial score (nSPS) is 16.2. The molecule has 0 aliphatic carbocycles. The summed E-state index contributed by atoms with van der Waals surface area (Å²) in [6.07, 6.45) is 4.91. The standard InChI is InChI=1S/C17H19BrN4O/c18-14-3-1-2-13(10-14)11-22-8-5-15(6-9-22)21-17(23)16-4-7-19-12-20-16/h1-4,7,10,12,15H,5-6,8-9,11H2,(H,21,23). The van der Waals surface area contributed by atoms with E-state index in [1.807, 2.05) is 6.07 Å². The zero-order valence-corrected chi connectivity index (χ0v) is 14.4. The predicted octanol–water partition coefficient (Wildman–Crippen LogP) is 2.63. The summed E-state index contributed by atoms with van der Waals surface area (Å²) in [5.41, 5.74) is 1.74. The van der Waals surface area contributed by atoms with E-state index in [0.29, 0.717) is 5.69 Å². The molecule has 1 aliphatic heterocycles. The van der Waals surface area contributed by atoms with Gasteiger partial charge in [0.15, 0.2) is 0 Å². The molecule has 5 nitrogen and oxygen atoms in total. The zero-order valence-electron chi connectivity index (χ0n) is 12.8. The molecule has 3 rings (SSSR count). The Hall–Kier alpha value is -1.79. The van der Waals surface area contributed by atoms with Gasteiger partial charge >= 0.3 is 0 Å². The first-order valence-corrected chi connectivity index (χ1v) is 8.54. The van der Waals surface area contributed by atoms with Gasteiger partial charge in [0.1, 0.15) is 12.0 Å². The summed E-state index contributed by atoms with van der Waals surface area (Å²) in [5.74, 6) is -0.113. The first-order valence-electron chi connectivity index (χ1n) is 7.74. The number of piperidine rings is 1. The molecule has 23 heavy (non-hydrogen) atoms. The molecule has 0 radical (unpaired) electrons. The largest absolute Gasteiger partial charge is 0.348 e. The van der Waals surface area contributed by atoms with E-state index < -0.39 is 0 Å². The van der Waals surface area contributed by atoms with Crippen LogP contribution in [0.15, 0.2) is 47.3 Å². The van der Waals surface area contributed by atoms with Crippen LogP contribution in [0.1, 0.15) is 28.9 Å². The third kappa shape index (κ3) is 4.59. The third-order valence-electron chi connectivity index (χ3n) is 4.03. The van der Waals surface area contributed by atoms with Crippen molar-refractivity contribution in [3.05, 3.63) is 58.6 Å². The van der Waals surface area contributed by atoms with Crippen molar-refractivity contribution in [3.63, 3.8) is 0 Å². The van der Waals surface area contributed by atoms with Gasteiger partial charge in [-0.1, -0.05) is 28.1 Å². The van der Waals surface area contributed by atoms with E-state index in [1.165, 1.54) is 11.9 Å². The Bertz CT molecular complexity index is 657. The van der Waals surface area contributed by atoms with Crippen molar-refractivity contribution < 1.29 is 4.79 Å². The lowest BCUT2D eigenvalue weighted by molar-refractivity contribution is 0.0903. The van der Waals surface area contributed by atoms with Gasteiger partial charge in [-0.2, -0.15) is 0 Å². The van der Waals surface area contributed by atoms with E-state index in [9.17, 15) is 4.79 Å². The van der Waals surface area contributed by atoms with Crippen molar-refractivity contribution in [3.8, 4) is 0 Å². The molecular formula is C17H19BrN4O. The van der Waals surface area contributed by atoms with Crippen LogP contribution in [0.2, 0.25) is 0 Å². The van der Waals surface area contributed by atoms with Crippen molar-refractivity contribution in [2.24, 2.45) is 0 Å². The van der Waals surface area contributed by atoms with E-state index in [0.717, 1.165) is 36.9 Å². The van der Waals surface area contributed by atoms with Crippen LogP contribution in [0, 0.1) is 0 Å². The minimum absolute atomic E-state index is 0.113. The number of hydrogen-bond acceptors (Lipinski definition) is 4. The molecule has 1 fully saturated rings. The van der Waals surface area contributed by atoms with Crippen LogP contribution in [0.5, 0.6) is 0 Å². The number of carbonyl (C=O) groups is 1. The summed E-state index contributed by atoms with van der Waals surface area (Å²) < 4.78 is 1.11. The van der Waals surface area contributed by atoms with Crippen LogP contribution < -0.4 is 5.32 Å². The minimum Gasteiger partial charge on any atom is -0.348 e. The second kappa shape index (κ2) is 7.66. The summed E-state index contributed by atoms with van der Waals surface area (Å²) in [6, 6.07) is 10.3. The Labute approximate surface area is 144 Å². The highest BCUT2D eigenvalue weighted by atomic mass is 79.9. The first kappa shape index (κ1) is 16.1. The number of aromatic nitrogens is 2. The number of nitrogens with zero attached hydrogens (tertiary/aromatic N) is 3. The smallest absolute Gasteiger partial charge is 0.270 e. The van der Waals surface area contributed by atoms with Crippen LogP contribution in [0.3, 0.4) is 0 Å². The maximum Gasteiger partial charge on any atom is 0.270 e. The summed E-state index contributed by atoms with van der Waals surface area (Å²) in [7, 11) is 0. The first-order chi connectivity index (χ1) is 11.2. The summed E-state index contributed by atoms with van der Waals surface area (Å²) in [4.78, 5) is 22.3. The van der Waals surface area contributed by atoms with E-state index in [1.54, 1.807) is 12.3 Å². The fraction of sp³-hybridized carbons (Fsp3) is 0.353. The van der Waals surface area contributed by atoms with Crippen LogP contribution in [0.25, 0.3) is 0 Å². The van der Waals surface area contributed by atoms with E-state index >= 15 is 0 Å². The number of halogens is 1. The van der Waals surface area contributed by atoms with Gasteiger partial charge in [0.25, 0.3) is 5.91 Å². The Morgan fingerprint density at radius 1 is 1.30 bits per heavy atom. The molecule has 0 saturated carbocycles. The lowest BCUT2D eigenvalue weighted by Gasteiger charge is -2.32. The topological polar surface area (TPSA) is 58.1 Å². The number of carbonyl (C=O) groups excluding carboxylic acids is 1. The number of nitrogens with one attached hydrogen (secondary N) is 1. The van der Waals surface area contributed by atoms with Gasteiger partial charge < -0.3 is 5.32 Å². The van der Waals surface area contributed by atoms with Gasteiger partial charge in [0.05, 0.1) is 0 Å². The molecule has 1 aromatic carbocycles. The van der Waals surface area contributed by atoms with Gasteiger partial charge in [0, 0.05) is 36.3 Å². The van der Waals surface area contributed by atoms with Crippen molar-refractivity contribution in [1.29, 1.82) is 0 Å². The molecule has 6 heteroatoms. The van der Waals surface area contributed by atoms with Gasteiger partial charge in [-0.15, -0.1) is 0 Å². The highest BCUT2D eigenvalue weighted by molar-refractivity contribution is 9.10. The molecule has 0 spiro atoms. The molecule has 0 bridgehead atoms. The molecule has 0 unspecified atom stereocenters. The molecule has 2 aromatic rings. The number of benzene rings is 1. The number of likely N-dealkylation sites (tertiary alicyclic amines) is 1. The average molecular weight is 375 g/mol. The lowest BCUT2D eigenvalue weighted by atomic mass is 10.0. The van der Waals surface area contributed by atoms with Crippen molar-refractivity contribution in [2.45, 2.75) is 25.4 Å². The van der Waals surface area contributed by atoms with E-state index in [4.69, 9.17) is 0 Å². The molecule has 1 aliphatic rings. The molecular weight excluding hydrogens is 356 g/mol. The molecule has 1 aromatic heterocycles. The van der Waals surface area contributed by atoms with Crippen LogP contribution in [-0.2, 0) is 6.54 Å². The second-order valence-corrected chi connectivity index (χ2v) is 6.66. The van der Waals surface area contributed by atoms with Gasteiger partial charge in [-0.25, -0.2) is 9.97 Å². The van der Waals surface area contributed by atoms with Crippen LogP contribution in [0.4, 0.5) is 0 Å². The maximum atomic E-state index is 12.1. The summed E-state index contributed by atoms with van der Waals surface area (Å²) in [6.45, 7) is 2.93. The fourth-order valence-corrected chi connectivity index (χ4v) is 3.26. The molecule has 1 N–H and O–H groups in total. The quantitative estimate of drug-likeness (QED) is 0.893. The summed E-state index contributed by atoms with van der Waals surface area (Å²) in [5, 5.41) is 3.07. The van der Waals surface area contributed by atoms with E-state index in [-0.39, 0.29) is 11.9 Å². The van der Waals surface area contributed by atoms with Crippen LogP contribution >= 0.6 is 15.9 Å². The van der Waals surface area contributed by atoms with Crippen molar-refractivity contribution in [1.82, 2.24) is 20.2 Å². The number of hydrogen-bond donors (Lipinski definition) is 1. The monoisotopic (exact) mass is 374 g/mol. The SMILES string of the molecule is O=C(NC1CCN(Cc2cccc(Br)c2)CC1)c1ccncn1. The van der Waals surface area contributed by atoms with Crippen molar-refractivity contribution >= 4 is 21.8 Å². The van der Waals surface area contributed by atoms with Gasteiger partial charge in [-0.05, 0) is 36.6 Å². The van der Waals surface area contributed by atoms with Crippen LogP contribution in [-0.4, -0.2) is 39.9 Å². The Balaban J connectivity index is 1.48. The highest BCUT2D eigenvalue weighted by Crippen LogP contribution is 2.17. The lowest BCUT2D eigenvalue weighted by Crippen LogP contribution is -2.44. The zero-order chi connectivity index (χ0) is 16.1. The maximum absolute atomic E-state index is 12.1. The minimum atomic E-state index is -0.113. The van der Waals surface area contributed by atoms with Crippen molar-refractivity contribution in [2.75, 3.05) is 13.1 Å². The Kier molecular flexibility index (Phi) is 5.35. The second-order valence-electron chi connectivity index (χ2n) is 5.75. The molecule has 120 valence electrons. The Morgan fingerprint density at radius 2 is 2.13 bits per heavy atom. The fourth-order valence-electron chi connectivity index (χ4n) is 2.81. The predicted molar refractivity (Wildman–Crippen MR) is 91.9 cm³/mol. The molecule has 2 heterocycles. The molecule has 0 atom stereocenters. The third-order valence-corrected chi connectivity index (χ3v) is 4.53. The Morgan fingerprint density at radius 3 is 2.83 bits per heavy atom. The summed E-state index contributed by atoms with van der Waals surface area (Å²) >= 11 is 3.51. The number of rotatable bonds is 4. The van der Waals surface area contributed by atoms with Gasteiger partial charge in [-0.3, -0.25) is 9.69 Å². The van der Waals surface area contributed by atoms with Gasteiger partial charge in [0.2, 0.25) is 0 Å². The van der Waals surface area contributed by atoms with E-state index in [2.05, 4.69) is 54.3 Å². The average Bonchev–Trinajstić information content (AvgIpc) is 2.57. The molecule has 1 saturated heterocycles. The number of amides is 1. The molecule has 1 amide bonds. The highest BCUT2D eigenvalue weighted by Gasteiger charge is 2.21.